The SMILES string of the molecule is Cc1cccc(NC(=O)CN2CCN(S(=O)(=O)c3ccccc3)CC2)c1C. The van der Waals surface area contributed by atoms with Crippen LogP contribution in [0, 0.1) is 13.8 Å². The van der Waals surface area contributed by atoms with Crippen LogP contribution in [0.15, 0.2) is 53.4 Å². The molecule has 1 amide bonds. The first-order chi connectivity index (χ1) is 12.9. The zero-order valence-electron chi connectivity index (χ0n) is 15.7. The van der Waals surface area contributed by atoms with Crippen LogP contribution in [0.4, 0.5) is 5.69 Å². The molecule has 6 nitrogen and oxygen atoms in total. The number of aryl methyl sites for hydroxylation is 1. The van der Waals surface area contributed by atoms with Gasteiger partial charge in [-0.1, -0.05) is 30.3 Å². The van der Waals surface area contributed by atoms with E-state index >= 15 is 0 Å². The summed E-state index contributed by atoms with van der Waals surface area (Å²) in [5, 5.41) is 2.95. The number of hydrogen-bond acceptors (Lipinski definition) is 4. The number of nitrogens with zero attached hydrogens (tertiary/aromatic N) is 2. The molecule has 2 aromatic rings. The highest BCUT2D eigenvalue weighted by atomic mass is 32.2. The van der Waals surface area contributed by atoms with E-state index in [-0.39, 0.29) is 12.5 Å². The highest BCUT2D eigenvalue weighted by Crippen LogP contribution is 2.19. The van der Waals surface area contributed by atoms with Gasteiger partial charge in [0.25, 0.3) is 0 Å². The highest BCUT2D eigenvalue weighted by molar-refractivity contribution is 7.89. The van der Waals surface area contributed by atoms with Crippen LogP contribution in [0.1, 0.15) is 11.1 Å². The van der Waals surface area contributed by atoms with Crippen LogP contribution < -0.4 is 5.32 Å². The molecule has 0 unspecified atom stereocenters. The van der Waals surface area contributed by atoms with Gasteiger partial charge in [0, 0.05) is 31.9 Å². The Labute approximate surface area is 160 Å². The second-order valence-corrected chi connectivity index (χ2v) is 8.73. The van der Waals surface area contributed by atoms with Gasteiger partial charge >= 0.3 is 0 Å². The van der Waals surface area contributed by atoms with Crippen molar-refractivity contribution in [1.82, 2.24) is 9.21 Å². The molecule has 1 saturated heterocycles. The summed E-state index contributed by atoms with van der Waals surface area (Å²) in [4.78, 5) is 14.7. The van der Waals surface area contributed by atoms with Crippen LogP contribution in [0.2, 0.25) is 0 Å². The molecule has 1 aliphatic rings. The van der Waals surface area contributed by atoms with E-state index in [4.69, 9.17) is 0 Å². The molecule has 0 spiro atoms. The molecule has 1 heterocycles. The van der Waals surface area contributed by atoms with Gasteiger partial charge in [-0.2, -0.15) is 4.31 Å². The van der Waals surface area contributed by atoms with Gasteiger partial charge in [0.05, 0.1) is 11.4 Å². The van der Waals surface area contributed by atoms with Crippen LogP contribution in [0.5, 0.6) is 0 Å². The molecule has 7 heteroatoms. The lowest BCUT2D eigenvalue weighted by atomic mass is 10.1. The van der Waals surface area contributed by atoms with E-state index in [0.29, 0.717) is 31.1 Å². The van der Waals surface area contributed by atoms with Crippen molar-refractivity contribution in [3.8, 4) is 0 Å². The molecule has 0 atom stereocenters. The minimum absolute atomic E-state index is 0.0805. The predicted octanol–water partition coefficient (Wildman–Crippen LogP) is 2.25. The van der Waals surface area contributed by atoms with E-state index in [0.717, 1.165) is 16.8 Å². The molecule has 144 valence electrons. The number of sulfonamides is 1. The maximum absolute atomic E-state index is 12.7. The van der Waals surface area contributed by atoms with Crippen LogP contribution in [0.25, 0.3) is 0 Å². The molecule has 0 bridgehead atoms. The molecule has 1 aliphatic heterocycles. The van der Waals surface area contributed by atoms with Crippen LogP contribution in [-0.2, 0) is 14.8 Å². The first-order valence-electron chi connectivity index (χ1n) is 9.01. The summed E-state index contributed by atoms with van der Waals surface area (Å²) < 4.78 is 26.8. The highest BCUT2D eigenvalue weighted by Gasteiger charge is 2.28. The first kappa shape index (κ1) is 19.5. The number of carbonyl (C=O) groups is 1. The maximum Gasteiger partial charge on any atom is 0.243 e. The number of amides is 1. The zero-order chi connectivity index (χ0) is 19.4. The van der Waals surface area contributed by atoms with Crippen molar-refractivity contribution < 1.29 is 13.2 Å². The molecule has 0 aromatic heterocycles. The largest absolute Gasteiger partial charge is 0.325 e. The monoisotopic (exact) mass is 387 g/mol. The summed E-state index contributed by atoms with van der Waals surface area (Å²) in [6.45, 7) is 6.09. The quantitative estimate of drug-likeness (QED) is 0.854. The van der Waals surface area contributed by atoms with E-state index in [9.17, 15) is 13.2 Å². The summed E-state index contributed by atoms with van der Waals surface area (Å²) in [5.74, 6) is -0.0805. The van der Waals surface area contributed by atoms with Gasteiger partial charge in [0.1, 0.15) is 0 Å². The lowest BCUT2D eigenvalue weighted by Crippen LogP contribution is -2.50. The number of nitrogens with one attached hydrogen (secondary N) is 1. The fourth-order valence-electron chi connectivity index (χ4n) is 3.15. The number of anilines is 1. The van der Waals surface area contributed by atoms with Crippen molar-refractivity contribution in [1.29, 1.82) is 0 Å². The van der Waals surface area contributed by atoms with E-state index in [2.05, 4.69) is 5.32 Å². The van der Waals surface area contributed by atoms with Crippen molar-refractivity contribution in [3.05, 3.63) is 59.7 Å². The molecule has 27 heavy (non-hydrogen) atoms. The second kappa shape index (κ2) is 8.21. The molecule has 0 saturated carbocycles. The van der Waals surface area contributed by atoms with Crippen molar-refractivity contribution in [2.75, 3.05) is 38.0 Å². The summed E-state index contributed by atoms with van der Waals surface area (Å²) in [6, 6.07) is 14.3. The van der Waals surface area contributed by atoms with Crippen LogP contribution in [-0.4, -0.2) is 56.3 Å². The minimum Gasteiger partial charge on any atom is -0.325 e. The molecule has 3 rings (SSSR count). The minimum atomic E-state index is -3.47. The third-order valence-corrected chi connectivity index (χ3v) is 6.87. The van der Waals surface area contributed by atoms with Crippen LogP contribution >= 0.6 is 0 Å². The number of hydrogen-bond donors (Lipinski definition) is 1. The third kappa shape index (κ3) is 4.55. The van der Waals surface area contributed by atoms with Gasteiger partial charge in [-0.25, -0.2) is 8.42 Å². The Hall–Kier alpha value is -2.22. The Morgan fingerprint density at radius 1 is 0.963 bits per heavy atom. The van der Waals surface area contributed by atoms with E-state index in [1.54, 1.807) is 30.3 Å². The Bertz CT molecular complexity index is 905. The van der Waals surface area contributed by atoms with Crippen molar-refractivity contribution in [2.45, 2.75) is 18.7 Å². The van der Waals surface area contributed by atoms with Gasteiger partial charge in [0.15, 0.2) is 0 Å². The molecule has 1 N–H and O–H groups in total. The van der Waals surface area contributed by atoms with E-state index in [1.807, 2.05) is 36.9 Å². The molecule has 2 aromatic carbocycles. The number of piperazine rings is 1. The summed E-state index contributed by atoms with van der Waals surface area (Å²) in [6.07, 6.45) is 0. The van der Waals surface area contributed by atoms with Crippen molar-refractivity contribution in [3.63, 3.8) is 0 Å². The van der Waals surface area contributed by atoms with Crippen LogP contribution in [0.3, 0.4) is 0 Å². The lowest BCUT2D eigenvalue weighted by molar-refractivity contribution is -0.117. The number of rotatable bonds is 5. The Morgan fingerprint density at radius 2 is 1.63 bits per heavy atom. The molecule has 1 fully saturated rings. The van der Waals surface area contributed by atoms with Gasteiger partial charge in [-0.3, -0.25) is 9.69 Å². The fraction of sp³-hybridized carbons (Fsp3) is 0.350. The summed E-state index contributed by atoms with van der Waals surface area (Å²) in [7, 11) is -3.47. The summed E-state index contributed by atoms with van der Waals surface area (Å²) >= 11 is 0. The van der Waals surface area contributed by atoms with Crippen molar-refractivity contribution >= 4 is 21.6 Å². The molecular formula is C20H25N3O3S. The van der Waals surface area contributed by atoms with Crippen molar-refractivity contribution in [2.24, 2.45) is 0 Å². The Morgan fingerprint density at radius 3 is 2.30 bits per heavy atom. The standard InChI is InChI=1S/C20H25N3O3S/c1-16-7-6-10-19(17(16)2)21-20(24)15-22-11-13-23(14-12-22)27(25,26)18-8-4-3-5-9-18/h3-10H,11-15H2,1-2H3,(H,21,24). The van der Waals surface area contributed by atoms with E-state index < -0.39 is 10.0 Å². The first-order valence-corrected chi connectivity index (χ1v) is 10.5. The molecular weight excluding hydrogens is 362 g/mol. The second-order valence-electron chi connectivity index (χ2n) is 6.79. The molecule has 0 aliphatic carbocycles. The summed E-state index contributed by atoms with van der Waals surface area (Å²) in [5.41, 5.74) is 3.02. The zero-order valence-corrected chi connectivity index (χ0v) is 16.5. The van der Waals surface area contributed by atoms with Gasteiger partial charge in [0.2, 0.25) is 15.9 Å². The average molecular weight is 388 g/mol. The number of carbonyl (C=O) groups excluding carboxylic acids is 1. The lowest BCUT2D eigenvalue weighted by Gasteiger charge is -2.33. The Kier molecular flexibility index (Phi) is 5.94. The maximum atomic E-state index is 12.7. The normalized spacial score (nSPS) is 16.2. The van der Waals surface area contributed by atoms with Gasteiger partial charge in [-0.15, -0.1) is 0 Å². The van der Waals surface area contributed by atoms with E-state index in [1.165, 1.54) is 4.31 Å². The smallest absolute Gasteiger partial charge is 0.243 e. The predicted molar refractivity (Wildman–Crippen MR) is 106 cm³/mol. The fourth-order valence-corrected chi connectivity index (χ4v) is 4.59. The third-order valence-electron chi connectivity index (χ3n) is 4.96. The average Bonchev–Trinajstić information content (AvgIpc) is 2.66. The van der Waals surface area contributed by atoms with Gasteiger partial charge < -0.3 is 5.32 Å². The van der Waals surface area contributed by atoms with Gasteiger partial charge in [-0.05, 0) is 43.2 Å². The molecule has 0 radical (unpaired) electrons. The number of benzene rings is 2. The Balaban J connectivity index is 1.55. The topological polar surface area (TPSA) is 69.7 Å².